The van der Waals surface area contributed by atoms with Gasteiger partial charge in [-0.3, -0.25) is 20.0 Å². The topological polar surface area (TPSA) is 142 Å². The molecule has 0 saturated heterocycles. The van der Waals surface area contributed by atoms with Crippen LogP contribution in [0.2, 0.25) is 0 Å². The van der Waals surface area contributed by atoms with Crippen LogP contribution in [0.4, 0.5) is 15.8 Å². The van der Waals surface area contributed by atoms with Gasteiger partial charge in [0.2, 0.25) is 0 Å². The second-order valence-electron chi connectivity index (χ2n) is 6.25. The summed E-state index contributed by atoms with van der Waals surface area (Å²) in [5, 5.41) is 14.2. The van der Waals surface area contributed by atoms with Crippen molar-refractivity contribution < 1.29 is 9.31 Å². The minimum atomic E-state index is -0.627. The average molecular weight is 396 g/mol. The minimum Gasteiger partial charge on any atom is -0.306 e. The molecule has 2 heterocycles. The van der Waals surface area contributed by atoms with Crippen molar-refractivity contribution in [1.29, 1.82) is 0 Å². The van der Waals surface area contributed by atoms with E-state index in [-0.39, 0.29) is 22.5 Å². The molecule has 0 saturated carbocycles. The zero-order chi connectivity index (χ0) is 20.7. The lowest BCUT2D eigenvalue weighted by atomic mass is 10.2. The molecule has 0 fully saturated rings. The summed E-state index contributed by atoms with van der Waals surface area (Å²) < 4.78 is 14.3. The third-order valence-electron chi connectivity index (χ3n) is 4.34. The van der Waals surface area contributed by atoms with Gasteiger partial charge in [-0.15, -0.1) is 0 Å². The highest BCUT2D eigenvalue weighted by molar-refractivity contribution is 5.88. The molecule has 0 radical (unpaired) electrons. The minimum absolute atomic E-state index is 0.0221. The first-order chi connectivity index (χ1) is 13.8. The molecule has 0 aliphatic carbocycles. The predicted molar refractivity (Wildman–Crippen MR) is 104 cm³/mol. The van der Waals surface area contributed by atoms with Crippen LogP contribution in [-0.4, -0.2) is 30.9 Å². The third-order valence-corrected chi connectivity index (χ3v) is 4.34. The Morgan fingerprint density at radius 2 is 1.79 bits per heavy atom. The Morgan fingerprint density at radius 1 is 1.14 bits per heavy atom. The number of aryl methyl sites for hydroxylation is 1. The van der Waals surface area contributed by atoms with Crippen molar-refractivity contribution in [3.8, 4) is 5.69 Å². The van der Waals surface area contributed by atoms with Crippen molar-refractivity contribution in [2.24, 2.45) is 4.99 Å². The number of H-pyrrole nitrogens is 3. The van der Waals surface area contributed by atoms with Crippen LogP contribution in [0.15, 0.2) is 51.0 Å². The molecule has 3 N–H and O–H groups in total. The zero-order valence-corrected chi connectivity index (χ0v) is 14.9. The molecule has 29 heavy (non-hydrogen) atoms. The Kier molecular flexibility index (Phi) is 4.19. The highest BCUT2D eigenvalue weighted by Gasteiger charge is 2.17. The molecule has 0 unspecified atom stereocenters. The maximum atomic E-state index is 13.1. The standard InChI is InChI=1S/C18H13FN6O4/c1-9-12(17(26)24(23-9)11-4-2-10(19)3-5-11)8-20-15-6-13-14(22-18(27)21-13)7-16(15)25(28)29/h2-8,23H,1H3,(H2,21,22,27). The van der Waals surface area contributed by atoms with Crippen LogP contribution in [0.3, 0.4) is 0 Å². The number of aromatic amines is 3. The molecule has 4 rings (SSSR count). The number of rotatable bonds is 4. The number of aliphatic imine (C=N–C) groups is 1. The summed E-state index contributed by atoms with van der Waals surface area (Å²) in [4.78, 5) is 43.9. The number of imidazole rings is 1. The number of nitrogens with one attached hydrogen (secondary N) is 3. The molecule has 0 aliphatic heterocycles. The quantitative estimate of drug-likeness (QED) is 0.277. The molecule has 0 amide bonds. The van der Waals surface area contributed by atoms with Gasteiger partial charge in [-0.1, -0.05) is 0 Å². The summed E-state index contributed by atoms with van der Waals surface area (Å²) in [7, 11) is 0. The number of nitro groups is 1. The smallest absolute Gasteiger partial charge is 0.306 e. The van der Waals surface area contributed by atoms with Gasteiger partial charge >= 0.3 is 5.69 Å². The first-order valence-electron chi connectivity index (χ1n) is 8.35. The van der Waals surface area contributed by atoms with Crippen molar-refractivity contribution in [1.82, 2.24) is 19.7 Å². The SMILES string of the molecule is Cc1[nH]n(-c2ccc(F)cc2)c(=O)c1C=Nc1cc2[nH]c(=O)[nH]c2cc1[N+](=O)[O-]. The monoisotopic (exact) mass is 396 g/mol. The Hall–Kier alpha value is -4.28. The summed E-state index contributed by atoms with van der Waals surface area (Å²) in [5.74, 6) is -0.433. The Bertz CT molecular complexity index is 1390. The highest BCUT2D eigenvalue weighted by atomic mass is 19.1. The number of fused-ring (bicyclic) bond motifs is 1. The van der Waals surface area contributed by atoms with Crippen molar-refractivity contribution >= 4 is 28.6 Å². The van der Waals surface area contributed by atoms with E-state index in [0.29, 0.717) is 16.9 Å². The van der Waals surface area contributed by atoms with Crippen molar-refractivity contribution in [3.63, 3.8) is 0 Å². The van der Waals surface area contributed by atoms with Crippen LogP contribution in [-0.2, 0) is 0 Å². The van der Waals surface area contributed by atoms with E-state index in [2.05, 4.69) is 20.1 Å². The van der Waals surface area contributed by atoms with Gasteiger partial charge in [-0.2, -0.15) is 0 Å². The van der Waals surface area contributed by atoms with Crippen LogP contribution in [0.1, 0.15) is 11.3 Å². The van der Waals surface area contributed by atoms with E-state index in [9.17, 15) is 24.1 Å². The van der Waals surface area contributed by atoms with E-state index in [4.69, 9.17) is 0 Å². The molecule has 0 aliphatic rings. The van der Waals surface area contributed by atoms with Crippen LogP contribution in [0.25, 0.3) is 16.7 Å². The first kappa shape index (κ1) is 18.1. The van der Waals surface area contributed by atoms with E-state index in [1.807, 2.05) is 0 Å². The lowest BCUT2D eigenvalue weighted by molar-refractivity contribution is -0.383. The summed E-state index contributed by atoms with van der Waals surface area (Å²) in [6.07, 6.45) is 1.22. The Morgan fingerprint density at radius 3 is 2.45 bits per heavy atom. The number of hydrogen-bond donors (Lipinski definition) is 3. The molecule has 0 spiro atoms. The zero-order valence-electron chi connectivity index (χ0n) is 14.9. The molecule has 146 valence electrons. The number of nitro benzene ring substituents is 1. The van der Waals surface area contributed by atoms with Gasteiger partial charge in [-0.25, -0.2) is 18.9 Å². The molecule has 2 aromatic heterocycles. The van der Waals surface area contributed by atoms with E-state index in [0.717, 1.165) is 0 Å². The number of aromatic nitrogens is 4. The number of benzene rings is 2. The van der Waals surface area contributed by atoms with Crippen LogP contribution < -0.4 is 11.2 Å². The van der Waals surface area contributed by atoms with Crippen molar-refractivity contribution in [2.45, 2.75) is 6.92 Å². The summed E-state index contributed by atoms with van der Waals surface area (Å²) in [5.41, 5.74) is 0.418. The predicted octanol–water partition coefficient (Wildman–Crippen LogP) is 2.44. The van der Waals surface area contributed by atoms with Gasteiger partial charge in [-0.05, 0) is 37.3 Å². The molecule has 0 atom stereocenters. The third kappa shape index (κ3) is 3.25. The highest BCUT2D eigenvalue weighted by Crippen LogP contribution is 2.30. The molecule has 2 aromatic carbocycles. The van der Waals surface area contributed by atoms with Gasteiger partial charge in [0.15, 0.2) is 0 Å². The van der Waals surface area contributed by atoms with Gasteiger partial charge < -0.3 is 9.97 Å². The maximum absolute atomic E-state index is 13.1. The van der Waals surface area contributed by atoms with Crippen molar-refractivity contribution in [3.05, 3.63) is 84.4 Å². The number of nitrogens with zero attached hydrogens (tertiary/aromatic N) is 3. The molecular formula is C18H13FN6O4. The van der Waals surface area contributed by atoms with E-state index in [1.54, 1.807) is 6.92 Å². The van der Waals surface area contributed by atoms with Gasteiger partial charge in [0.25, 0.3) is 11.2 Å². The molecule has 10 nitrogen and oxygen atoms in total. The largest absolute Gasteiger partial charge is 0.323 e. The van der Waals surface area contributed by atoms with E-state index in [1.165, 1.54) is 47.3 Å². The van der Waals surface area contributed by atoms with Crippen molar-refractivity contribution in [2.75, 3.05) is 0 Å². The molecule has 0 bridgehead atoms. The first-order valence-corrected chi connectivity index (χ1v) is 8.35. The maximum Gasteiger partial charge on any atom is 0.323 e. The second-order valence-corrected chi connectivity index (χ2v) is 6.25. The fourth-order valence-electron chi connectivity index (χ4n) is 2.93. The summed E-state index contributed by atoms with van der Waals surface area (Å²) in [6, 6.07) is 7.87. The second kappa shape index (κ2) is 6.71. The van der Waals surface area contributed by atoms with Crippen LogP contribution in [0.5, 0.6) is 0 Å². The number of hydrogen-bond acceptors (Lipinski definition) is 5. The Labute approximate surface area is 160 Å². The fourth-order valence-corrected chi connectivity index (χ4v) is 2.93. The molecule has 4 aromatic rings. The van der Waals surface area contributed by atoms with Gasteiger partial charge in [0.05, 0.1) is 27.2 Å². The van der Waals surface area contributed by atoms with E-state index >= 15 is 0 Å². The molecular weight excluding hydrogens is 383 g/mol. The lowest BCUT2D eigenvalue weighted by Gasteiger charge is -2.00. The van der Waals surface area contributed by atoms with Gasteiger partial charge in [0.1, 0.15) is 11.5 Å². The van der Waals surface area contributed by atoms with Crippen LogP contribution >= 0.6 is 0 Å². The average Bonchev–Trinajstić information content (AvgIpc) is 3.17. The fraction of sp³-hybridized carbons (Fsp3) is 0.0556. The summed E-state index contributed by atoms with van der Waals surface area (Å²) in [6.45, 7) is 1.64. The Balaban J connectivity index is 1.79. The normalized spacial score (nSPS) is 11.5. The lowest BCUT2D eigenvalue weighted by Crippen LogP contribution is -2.17. The van der Waals surface area contributed by atoms with E-state index < -0.39 is 22.0 Å². The number of halogens is 1. The summed E-state index contributed by atoms with van der Waals surface area (Å²) >= 11 is 0. The van der Waals surface area contributed by atoms with Crippen LogP contribution in [0, 0.1) is 22.9 Å². The van der Waals surface area contributed by atoms with Gasteiger partial charge in [0, 0.05) is 18.0 Å². The molecule has 11 heteroatoms.